The van der Waals surface area contributed by atoms with Gasteiger partial charge in [-0.15, -0.1) is 0 Å². The van der Waals surface area contributed by atoms with Gasteiger partial charge in [-0.05, 0) is 30.2 Å². The van der Waals surface area contributed by atoms with Crippen LogP contribution >= 0.6 is 0 Å². The van der Waals surface area contributed by atoms with E-state index >= 15 is 0 Å². The molecule has 0 aromatic heterocycles. The molecule has 0 fully saturated rings. The number of Topliss-reactive ketones (excluding diaryl/α,β-unsaturated/α-hetero) is 1. The normalized spacial score (nSPS) is 11.7. The van der Waals surface area contributed by atoms with E-state index < -0.39 is 22.6 Å². The number of hydrogen-bond donors (Lipinski definition) is 3. The van der Waals surface area contributed by atoms with Crippen molar-refractivity contribution in [1.82, 2.24) is 0 Å². The maximum atomic E-state index is 12.8. The van der Waals surface area contributed by atoms with Crippen LogP contribution in [0.15, 0.2) is 42.5 Å². The molecule has 8 heteroatoms. The zero-order valence-corrected chi connectivity index (χ0v) is 13.0. The first-order chi connectivity index (χ1) is 11.8. The molecule has 0 aliphatic heterocycles. The zero-order chi connectivity index (χ0) is 18.6. The van der Waals surface area contributed by atoms with Crippen molar-refractivity contribution in [3.05, 3.63) is 63.7 Å². The summed E-state index contributed by atoms with van der Waals surface area (Å²) in [6.07, 6.45) is -0.353. The van der Waals surface area contributed by atoms with Crippen molar-refractivity contribution >= 4 is 17.4 Å². The number of benzene rings is 2. The first-order valence-corrected chi connectivity index (χ1v) is 7.32. The number of nitro benzene ring substituents is 1. The summed E-state index contributed by atoms with van der Waals surface area (Å²) in [5, 5.41) is 39.0. The van der Waals surface area contributed by atoms with Gasteiger partial charge in [0.05, 0.1) is 10.5 Å². The molecule has 0 saturated heterocycles. The first-order valence-electron chi connectivity index (χ1n) is 7.32. The monoisotopic (exact) mass is 345 g/mol. The van der Waals surface area contributed by atoms with Gasteiger partial charge in [-0.25, -0.2) is 0 Å². The SMILES string of the molecule is O=C(O)CCC(C(=O)c1cc(O)ccc1O)c1ccc([N+](=O)[O-])cc1. The molecule has 1 atom stereocenters. The highest BCUT2D eigenvalue weighted by atomic mass is 16.6. The Morgan fingerprint density at radius 1 is 1.08 bits per heavy atom. The number of carbonyl (C=O) groups is 2. The summed E-state index contributed by atoms with van der Waals surface area (Å²) in [5.74, 6) is -3.17. The topological polar surface area (TPSA) is 138 Å². The summed E-state index contributed by atoms with van der Waals surface area (Å²) in [6, 6.07) is 8.66. The molecule has 130 valence electrons. The average Bonchev–Trinajstić information content (AvgIpc) is 2.57. The molecule has 0 bridgehead atoms. The minimum Gasteiger partial charge on any atom is -0.508 e. The van der Waals surface area contributed by atoms with E-state index in [4.69, 9.17) is 5.11 Å². The van der Waals surface area contributed by atoms with Gasteiger partial charge in [0.25, 0.3) is 5.69 Å². The van der Waals surface area contributed by atoms with Crippen molar-refractivity contribution in [1.29, 1.82) is 0 Å². The van der Waals surface area contributed by atoms with Gasteiger partial charge in [-0.1, -0.05) is 12.1 Å². The smallest absolute Gasteiger partial charge is 0.303 e. The lowest BCUT2D eigenvalue weighted by atomic mass is 9.86. The van der Waals surface area contributed by atoms with E-state index in [1.807, 2.05) is 0 Å². The van der Waals surface area contributed by atoms with Crippen LogP contribution < -0.4 is 0 Å². The Morgan fingerprint density at radius 2 is 1.72 bits per heavy atom. The number of non-ortho nitro benzene ring substituents is 1. The maximum absolute atomic E-state index is 12.8. The summed E-state index contributed by atoms with van der Waals surface area (Å²) in [7, 11) is 0. The Labute approximate surface area is 142 Å². The van der Waals surface area contributed by atoms with Crippen LogP contribution in [-0.2, 0) is 4.79 Å². The molecule has 0 radical (unpaired) electrons. The number of carboxylic acid groups (broad SMARTS) is 1. The van der Waals surface area contributed by atoms with Crippen molar-refractivity contribution in [2.75, 3.05) is 0 Å². The van der Waals surface area contributed by atoms with E-state index in [1.165, 1.54) is 30.3 Å². The van der Waals surface area contributed by atoms with Crippen molar-refractivity contribution in [2.24, 2.45) is 0 Å². The number of aliphatic carboxylic acids is 1. The van der Waals surface area contributed by atoms with E-state index in [2.05, 4.69) is 0 Å². The van der Waals surface area contributed by atoms with Gasteiger partial charge in [0.15, 0.2) is 5.78 Å². The highest BCUT2D eigenvalue weighted by Crippen LogP contribution is 2.32. The van der Waals surface area contributed by atoms with Crippen LogP contribution in [0.1, 0.15) is 34.7 Å². The third-order valence-electron chi connectivity index (χ3n) is 3.72. The first kappa shape index (κ1) is 17.9. The summed E-state index contributed by atoms with van der Waals surface area (Å²) >= 11 is 0. The fraction of sp³-hybridized carbons (Fsp3) is 0.176. The largest absolute Gasteiger partial charge is 0.508 e. The van der Waals surface area contributed by atoms with Crippen LogP contribution in [0.2, 0.25) is 0 Å². The van der Waals surface area contributed by atoms with Crippen LogP contribution in [0.4, 0.5) is 5.69 Å². The molecule has 0 amide bonds. The number of carbonyl (C=O) groups excluding carboxylic acids is 1. The number of phenolic OH excluding ortho intramolecular Hbond substituents is 2. The second-order valence-electron chi connectivity index (χ2n) is 5.40. The number of aromatic hydroxyl groups is 2. The minimum absolute atomic E-state index is 0.0545. The highest BCUT2D eigenvalue weighted by Gasteiger charge is 2.26. The molecule has 0 heterocycles. The van der Waals surface area contributed by atoms with E-state index in [0.29, 0.717) is 5.56 Å². The molecule has 25 heavy (non-hydrogen) atoms. The number of phenols is 2. The number of nitro groups is 1. The Morgan fingerprint density at radius 3 is 2.28 bits per heavy atom. The molecule has 2 aromatic carbocycles. The Kier molecular flexibility index (Phi) is 5.33. The van der Waals surface area contributed by atoms with Crippen molar-refractivity contribution in [3.8, 4) is 11.5 Å². The summed E-state index contributed by atoms with van der Waals surface area (Å²) in [4.78, 5) is 33.8. The van der Waals surface area contributed by atoms with Gasteiger partial charge in [-0.2, -0.15) is 0 Å². The van der Waals surface area contributed by atoms with Crippen LogP contribution in [0.5, 0.6) is 11.5 Å². The molecule has 2 aromatic rings. The van der Waals surface area contributed by atoms with E-state index in [-0.39, 0.29) is 35.6 Å². The van der Waals surface area contributed by atoms with E-state index in [0.717, 1.165) is 12.1 Å². The van der Waals surface area contributed by atoms with Crippen molar-refractivity contribution in [2.45, 2.75) is 18.8 Å². The number of hydrogen-bond acceptors (Lipinski definition) is 6. The molecule has 1 unspecified atom stereocenters. The predicted molar refractivity (Wildman–Crippen MR) is 86.8 cm³/mol. The quantitative estimate of drug-likeness (QED) is 0.303. The van der Waals surface area contributed by atoms with Crippen LogP contribution in [0, 0.1) is 10.1 Å². The molecular formula is C17H15NO7. The van der Waals surface area contributed by atoms with Gasteiger partial charge in [0.1, 0.15) is 11.5 Å². The highest BCUT2D eigenvalue weighted by molar-refractivity contribution is 6.03. The average molecular weight is 345 g/mol. The van der Waals surface area contributed by atoms with E-state index in [1.54, 1.807) is 0 Å². The molecule has 0 aliphatic rings. The molecule has 0 aliphatic carbocycles. The molecule has 0 saturated carbocycles. The summed E-state index contributed by atoms with van der Waals surface area (Å²) in [5.41, 5.74) is 0.0849. The van der Waals surface area contributed by atoms with Crippen LogP contribution in [-0.4, -0.2) is 32.0 Å². The fourth-order valence-electron chi connectivity index (χ4n) is 2.45. The van der Waals surface area contributed by atoms with Crippen LogP contribution in [0.3, 0.4) is 0 Å². The molecule has 0 spiro atoms. The second kappa shape index (κ2) is 7.43. The summed E-state index contributed by atoms with van der Waals surface area (Å²) < 4.78 is 0. The molecule has 8 nitrogen and oxygen atoms in total. The van der Waals surface area contributed by atoms with Gasteiger partial charge >= 0.3 is 5.97 Å². The number of ketones is 1. The lowest BCUT2D eigenvalue weighted by molar-refractivity contribution is -0.384. The Balaban J connectivity index is 2.40. The molecule has 3 N–H and O–H groups in total. The standard InChI is InChI=1S/C17H15NO7/c19-12-5-7-15(20)14(9-12)17(23)13(6-8-16(21)22)10-1-3-11(4-2-10)18(24)25/h1-5,7,9,13,19-20H,6,8H2,(H,21,22). The molecular weight excluding hydrogens is 330 g/mol. The third-order valence-corrected chi connectivity index (χ3v) is 3.72. The number of carboxylic acids is 1. The molecule has 2 rings (SSSR count). The lowest BCUT2D eigenvalue weighted by Crippen LogP contribution is -2.15. The predicted octanol–water partition coefficient (Wildman–Crippen LogP) is 2.84. The van der Waals surface area contributed by atoms with Crippen LogP contribution in [0.25, 0.3) is 0 Å². The zero-order valence-electron chi connectivity index (χ0n) is 13.0. The third kappa shape index (κ3) is 4.31. The number of rotatable bonds is 7. The Bertz CT molecular complexity index is 814. The lowest BCUT2D eigenvalue weighted by Gasteiger charge is -2.16. The van der Waals surface area contributed by atoms with Crippen molar-refractivity contribution in [3.63, 3.8) is 0 Å². The maximum Gasteiger partial charge on any atom is 0.303 e. The number of nitrogens with zero attached hydrogens (tertiary/aromatic N) is 1. The van der Waals surface area contributed by atoms with Crippen molar-refractivity contribution < 1.29 is 29.8 Å². The van der Waals surface area contributed by atoms with Gasteiger partial charge in [0, 0.05) is 24.5 Å². The minimum atomic E-state index is -1.10. The van der Waals surface area contributed by atoms with E-state index in [9.17, 15) is 29.9 Å². The Hall–Kier alpha value is -3.42. The van der Waals surface area contributed by atoms with Gasteiger partial charge < -0.3 is 15.3 Å². The fourth-order valence-corrected chi connectivity index (χ4v) is 2.45. The van der Waals surface area contributed by atoms with Gasteiger partial charge in [0.2, 0.25) is 0 Å². The summed E-state index contributed by atoms with van der Waals surface area (Å²) in [6.45, 7) is 0. The second-order valence-corrected chi connectivity index (χ2v) is 5.40. The van der Waals surface area contributed by atoms with Gasteiger partial charge in [-0.3, -0.25) is 19.7 Å².